The van der Waals surface area contributed by atoms with Crippen molar-refractivity contribution in [1.29, 1.82) is 0 Å². The number of nitrogens with two attached hydrogens (primary N) is 1. The minimum Gasteiger partial charge on any atom is -0.489 e. The highest BCUT2D eigenvalue weighted by atomic mass is 16.5. The van der Waals surface area contributed by atoms with Gasteiger partial charge in [0.2, 0.25) is 0 Å². The lowest BCUT2D eigenvalue weighted by Gasteiger charge is -2.17. The minimum absolute atomic E-state index is 0.533. The van der Waals surface area contributed by atoms with Gasteiger partial charge in [-0.3, -0.25) is 0 Å². The number of hydrogen-bond acceptors (Lipinski definition) is 2. The van der Waals surface area contributed by atoms with E-state index in [1.54, 1.807) is 0 Å². The lowest BCUT2D eigenvalue weighted by molar-refractivity contribution is 0.306. The molecule has 2 nitrogen and oxygen atoms in total. The molecule has 3 rings (SSSR count). The van der Waals surface area contributed by atoms with Crippen LogP contribution in [0.15, 0.2) is 42.5 Å². The van der Waals surface area contributed by atoms with E-state index in [1.807, 2.05) is 24.3 Å². The van der Waals surface area contributed by atoms with Crippen LogP contribution in [0, 0.1) is 0 Å². The summed E-state index contributed by atoms with van der Waals surface area (Å²) in [7, 11) is 0. The average Bonchev–Trinajstić information content (AvgIpc) is 2.46. The van der Waals surface area contributed by atoms with E-state index in [0.717, 1.165) is 17.0 Å². The molecule has 2 heteroatoms. The van der Waals surface area contributed by atoms with E-state index in [1.165, 1.54) is 36.8 Å². The maximum absolute atomic E-state index is 5.92. The number of ether oxygens (including phenoxy) is 1. The van der Waals surface area contributed by atoms with Gasteiger partial charge >= 0.3 is 0 Å². The molecule has 0 atom stereocenters. The first kappa shape index (κ1) is 12.1. The Hall–Kier alpha value is -1.96. The van der Waals surface area contributed by atoms with Crippen molar-refractivity contribution in [3.63, 3.8) is 0 Å². The Kier molecular flexibility index (Phi) is 3.41. The van der Waals surface area contributed by atoms with Crippen LogP contribution in [0.4, 0.5) is 5.69 Å². The molecule has 0 aromatic heterocycles. The molecular formula is C17H19NO. The highest BCUT2D eigenvalue weighted by Gasteiger charge is 2.10. The summed E-state index contributed by atoms with van der Waals surface area (Å²) in [6, 6.07) is 14.3. The fourth-order valence-electron chi connectivity index (χ4n) is 2.63. The molecule has 1 aliphatic rings. The van der Waals surface area contributed by atoms with Gasteiger partial charge in [-0.15, -0.1) is 0 Å². The summed E-state index contributed by atoms with van der Waals surface area (Å²) in [6.45, 7) is 0.533. The van der Waals surface area contributed by atoms with Crippen LogP contribution in [0.3, 0.4) is 0 Å². The third-order valence-electron chi connectivity index (χ3n) is 3.77. The summed E-state index contributed by atoms with van der Waals surface area (Å²) < 4.78 is 5.86. The van der Waals surface area contributed by atoms with Crippen molar-refractivity contribution in [2.24, 2.45) is 0 Å². The van der Waals surface area contributed by atoms with E-state index in [-0.39, 0.29) is 0 Å². The van der Waals surface area contributed by atoms with E-state index < -0.39 is 0 Å². The summed E-state index contributed by atoms with van der Waals surface area (Å²) >= 11 is 0. The van der Waals surface area contributed by atoms with Crippen molar-refractivity contribution in [3.8, 4) is 5.75 Å². The molecule has 98 valence electrons. The number of nitrogen functional groups attached to an aromatic ring is 1. The Balaban J connectivity index is 1.72. The summed E-state index contributed by atoms with van der Waals surface area (Å²) in [5.74, 6) is 0.948. The zero-order valence-electron chi connectivity index (χ0n) is 11.1. The van der Waals surface area contributed by atoms with Crippen LogP contribution < -0.4 is 10.5 Å². The van der Waals surface area contributed by atoms with Gasteiger partial charge in [-0.25, -0.2) is 0 Å². The summed E-state index contributed by atoms with van der Waals surface area (Å²) in [5.41, 5.74) is 10.7. The minimum atomic E-state index is 0.533. The van der Waals surface area contributed by atoms with Gasteiger partial charge in [0.05, 0.1) is 0 Å². The van der Waals surface area contributed by atoms with Gasteiger partial charge in [-0.1, -0.05) is 24.3 Å². The van der Waals surface area contributed by atoms with Gasteiger partial charge in [0.25, 0.3) is 0 Å². The molecule has 0 saturated carbocycles. The Morgan fingerprint density at radius 2 is 1.74 bits per heavy atom. The summed E-state index contributed by atoms with van der Waals surface area (Å²) in [5, 5.41) is 0. The zero-order valence-corrected chi connectivity index (χ0v) is 11.1. The molecule has 0 unspecified atom stereocenters. The number of hydrogen-bond donors (Lipinski definition) is 1. The molecule has 0 fully saturated rings. The van der Waals surface area contributed by atoms with Crippen LogP contribution in [0.5, 0.6) is 5.75 Å². The third kappa shape index (κ3) is 2.73. The highest BCUT2D eigenvalue weighted by molar-refractivity contribution is 5.46. The van der Waals surface area contributed by atoms with Crippen LogP contribution in [0.1, 0.15) is 29.5 Å². The molecule has 2 aromatic rings. The molecule has 0 spiro atoms. The van der Waals surface area contributed by atoms with E-state index >= 15 is 0 Å². The first-order chi connectivity index (χ1) is 9.33. The second kappa shape index (κ2) is 5.35. The van der Waals surface area contributed by atoms with Gasteiger partial charge in [0, 0.05) is 11.3 Å². The van der Waals surface area contributed by atoms with Crippen LogP contribution >= 0.6 is 0 Å². The van der Waals surface area contributed by atoms with E-state index in [2.05, 4.69) is 18.2 Å². The van der Waals surface area contributed by atoms with Crippen LogP contribution in [-0.2, 0) is 19.4 Å². The van der Waals surface area contributed by atoms with E-state index in [0.29, 0.717) is 6.61 Å². The summed E-state index contributed by atoms with van der Waals surface area (Å²) in [6.07, 6.45) is 5.00. The molecule has 0 bridgehead atoms. The Morgan fingerprint density at radius 3 is 2.58 bits per heavy atom. The maximum atomic E-state index is 5.92. The SMILES string of the molecule is Nc1ccccc1COc1ccc2c(c1)CCCC2. The fourth-order valence-corrected chi connectivity index (χ4v) is 2.63. The van der Waals surface area contributed by atoms with Gasteiger partial charge in [-0.2, -0.15) is 0 Å². The smallest absolute Gasteiger partial charge is 0.120 e. The van der Waals surface area contributed by atoms with Gasteiger partial charge in [-0.05, 0) is 55.0 Å². The van der Waals surface area contributed by atoms with E-state index in [9.17, 15) is 0 Å². The molecule has 0 amide bonds. The van der Waals surface area contributed by atoms with Gasteiger partial charge < -0.3 is 10.5 Å². The number of anilines is 1. The Morgan fingerprint density at radius 1 is 0.947 bits per heavy atom. The maximum Gasteiger partial charge on any atom is 0.120 e. The first-order valence-corrected chi connectivity index (χ1v) is 6.91. The van der Waals surface area contributed by atoms with Crippen molar-refractivity contribution in [2.75, 3.05) is 5.73 Å². The van der Waals surface area contributed by atoms with Crippen molar-refractivity contribution in [3.05, 3.63) is 59.2 Å². The second-order valence-corrected chi connectivity index (χ2v) is 5.13. The highest BCUT2D eigenvalue weighted by Crippen LogP contribution is 2.26. The standard InChI is InChI=1S/C17H19NO/c18-17-8-4-3-7-15(17)12-19-16-10-9-13-5-1-2-6-14(13)11-16/h3-4,7-11H,1-2,5-6,12,18H2. The van der Waals surface area contributed by atoms with Crippen molar-refractivity contribution in [1.82, 2.24) is 0 Å². The normalized spacial score (nSPS) is 13.9. The molecule has 1 aliphatic carbocycles. The largest absolute Gasteiger partial charge is 0.489 e. The molecule has 0 aliphatic heterocycles. The zero-order chi connectivity index (χ0) is 13.1. The second-order valence-electron chi connectivity index (χ2n) is 5.13. The molecule has 2 aromatic carbocycles. The van der Waals surface area contributed by atoms with Crippen molar-refractivity contribution >= 4 is 5.69 Å². The predicted molar refractivity (Wildman–Crippen MR) is 78.3 cm³/mol. The fraction of sp³-hybridized carbons (Fsp3) is 0.294. The van der Waals surface area contributed by atoms with E-state index in [4.69, 9.17) is 10.5 Å². The Bertz CT molecular complexity index is 577. The van der Waals surface area contributed by atoms with Crippen LogP contribution in [0.2, 0.25) is 0 Å². The number of benzene rings is 2. The molecule has 0 saturated heterocycles. The van der Waals surface area contributed by atoms with Crippen molar-refractivity contribution in [2.45, 2.75) is 32.3 Å². The van der Waals surface area contributed by atoms with Crippen molar-refractivity contribution < 1.29 is 4.74 Å². The third-order valence-corrected chi connectivity index (χ3v) is 3.77. The topological polar surface area (TPSA) is 35.2 Å². The molecule has 0 heterocycles. The first-order valence-electron chi connectivity index (χ1n) is 6.91. The van der Waals surface area contributed by atoms with Crippen LogP contribution in [0.25, 0.3) is 0 Å². The lowest BCUT2D eigenvalue weighted by atomic mass is 9.92. The molecule has 2 N–H and O–H groups in total. The molecular weight excluding hydrogens is 234 g/mol. The average molecular weight is 253 g/mol. The lowest BCUT2D eigenvalue weighted by Crippen LogP contribution is -2.04. The van der Waals surface area contributed by atoms with Gasteiger partial charge in [0.15, 0.2) is 0 Å². The molecule has 0 radical (unpaired) electrons. The quantitative estimate of drug-likeness (QED) is 0.846. The predicted octanol–water partition coefficient (Wildman–Crippen LogP) is 3.73. The van der Waals surface area contributed by atoms with Crippen LogP contribution in [-0.4, -0.2) is 0 Å². The van der Waals surface area contributed by atoms with Gasteiger partial charge in [0.1, 0.15) is 12.4 Å². The molecule has 19 heavy (non-hydrogen) atoms. The monoisotopic (exact) mass is 253 g/mol. The number of para-hydroxylation sites is 1. The summed E-state index contributed by atoms with van der Waals surface area (Å²) in [4.78, 5) is 0. The number of rotatable bonds is 3. The Labute approximate surface area is 114 Å². The number of aryl methyl sites for hydroxylation is 2. The number of fused-ring (bicyclic) bond motifs is 1.